The summed E-state index contributed by atoms with van der Waals surface area (Å²) in [5.41, 5.74) is 0. The first-order chi connectivity index (χ1) is 9.06. The van der Waals surface area contributed by atoms with E-state index in [2.05, 4.69) is 21.2 Å². The molecule has 0 spiro atoms. The van der Waals surface area contributed by atoms with Crippen molar-refractivity contribution in [1.29, 1.82) is 0 Å². The molecule has 0 bridgehead atoms. The summed E-state index contributed by atoms with van der Waals surface area (Å²) in [6.07, 6.45) is 5.06. The maximum absolute atomic E-state index is 11.7. The van der Waals surface area contributed by atoms with Gasteiger partial charge in [-0.2, -0.15) is 0 Å². The van der Waals surface area contributed by atoms with Gasteiger partial charge in [-0.1, -0.05) is 6.42 Å². The van der Waals surface area contributed by atoms with Crippen molar-refractivity contribution >= 4 is 33.9 Å². The van der Waals surface area contributed by atoms with Crippen LogP contribution in [0, 0.1) is 5.92 Å². The first-order valence-electron chi connectivity index (χ1n) is 6.03. The van der Waals surface area contributed by atoms with Gasteiger partial charge in [0, 0.05) is 12.1 Å². The monoisotopic (exact) mass is 327 g/mol. The van der Waals surface area contributed by atoms with E-state index in [1.54, 1.807) is 18.2 Å². The molecule has 6 heteroatoms. The van der Waals surface area contributed by atoms with Crippen molar-refractivity contribution in [3.8, 4) is 0 Å². The molecule has 1 heterocycles. The normalized spacial score (nSPS) is 22.8. The van der Waals surface area contributed by atoms with Gasteiger partial charge >= 0.3 is 5.97 Å². The van der Waals surface area contributed by atoms with E-state index in [1.807, 2.05) is 0 Å². The molecular weight excluding hydrogens is 314 g/mol. The van der Waals surface area contributed by atoms with Crippen LogP contribution in [0.1, 0.15) is 25.0 Å². The van der Waals surface area contributed by atoms with Gasteiger partial charge in [-0.15, -0.1) is 0 Å². The van der Waals surface area contributed by atoms with Gasteiger partial charge < -0.3 is 14.8 Å². The lowest BCUT2D eigenvalue weighted by molar-refractivity contribution is -0.142. The summed E-state index contributed by atoms with van der Waals surface area (Å²) in [6.45, 7) is 0. The smallest absolute Gasteiger partial charge is 0.308 e. The van der Waals surface area contributed by atoms with Crippen LogP contribution in [0.5, 0.6) is 0 Å². The quantitative estimate of drug-likeness (QED) is 0.832. The molecule has 1 aromatic rings. The Kier molecular flexibility index (Phi) is 4.42. The van der Waals surface area contributed by atoms with Crippen LogP contribution in [0.25, 0.3) is 6.08 Å². The van der Waals surface area contributed by atoms with Crippen LogP contribution in [0.2, 0.25) is 0 Å². The van der Waals surface area contributed by atoms with Gasteiger partial charge in [0.15, 0.2) is 4.67 Å². The number of aliphatic carboxylic acids is 1. The van der Waals surface area contributed by atoms with Crippen molar-refractivity contribution in [3.05, 3.63) is 28.6 Å². The number of hydrogen-bond donors (Lipinski definition) is 2. The highest BCUT2D eigenvalue weighted by Gasteiger charge is 2.33. The Balaban J connectivity index is 1.90. The molecule has 0 aliphatic heterocycles. The first kappa shape index (κ1) is 13.9. The molecule has 5 nitrogen and oxygen atoms in total. The second-order valence-electron chi connectivity index (χ2n) is 4.47. The van der Waals surface area contributed by atoms with Gasteiger partial charge in [0.2, 0.25) is 5.91 Å². The zero-order valence-corrected chi connectivity index (χ0v) is 11.7. The fourth-order valence-corrected chi connectivity index (χ4v) is 2.55. The summed E-state index contributed by atoms with van der Waals surface area (Å²) < 4.78 is 5.81. The lowest BCUT2D eigenvalue weighted by Gasteiger charge is -2.16. The molecular formula is C13H14BrNO4. The van der Waals surface area contributed by atoms with Crippen molar-refractivity contribution in [1.82, 2.24) is 5.32 Å². The topological polar surface area (TPSA) is 79.5 Å². The van der Waals surface area contributed by atoms with Gasteiger partial charge in [-0.25, -0.2) is 0 Å². The summed E-state index contributed by atoms with van der Waals surface area (Å²) in [4.78, 5) is 22.7. The number of carboxylic acids is 1. The van der Waals surface area contributed by atoms with E-state index in [9.17, 15) is 9.59 Å². The number of carbonyl (C=O) groups is 2. The average Bonchev–Trinajstić information content (AvgIpc) is 2.95. The highest BCUT2D eigenvalue weighted by molar-refractivity contribution is 9.10. The third-order valence-corrected chi connectivity index (χ3v) is 3.58. The standard InChI is InChI=1S/C13H14BrNO4/c14-11-6-4-8(19-11)5-7-12(16)15-10-3-1-2-9(10)13(17)18/h4-7,9-10H,1-3H2,(H,15,16)(H,17,18). The SMILES string of the molecule is O=C(C=Cc1ccc(Br)o1)NC1CCCC1C(=O)O. The predicted molar refractivity (Wildman–Crippen MR) is 72.3 cm³/mol. The Bertz CT molecular complexity index is 508. The number of halogens is 1. The zero-order chi connectivity index (χ0) is 13.8. The molecule has 0 radical (unpaired) electrons. The maximum atomic E-state index is 11.7. The molecule has 1 aliphatic carbocycles. The Labute approximate surface area is 118 Å². The minimum absolute atomic E-state index is 0.280. The Morgan fingerprint density at radius 1 is 1.42 bits per heavy atom. The molecule has 0 saturated heterocycles. The Morgan fingerprint density at radius 2 is 2.21 bits per heavy atom. The fraction of sp³-hybridized carbons (Fsp3) is 0.385. The van der Waals surface area contributed by atoms with E-state index in [1.165, 1.54) is 6.08 Å². The van der Waals surface area contributed by atoms with E-state index in [0.29, 0.717) is 23.3 Å². The van der Waals surface area contributed by atoms with E-state index < -0.39 is 11.9 Å². The van der Waals surface area contributed by atoms with Gasteiger partial charge in [0.25, 0.3) is 0 Å². The van der Waals surface area contributed by atoms with Crippen molar-refractivity contribution in [2.24, 2.45) is 5.92 Å². The van der Waals surface area contributed by atoms with Crippen LogP contribution in [0.3, 0.4) is 0 Å². The van der Waals surface area contributed by atoms with Crippen LogP contribution in [-0.2, 0) is 9.59 Å². The minimum atomic E-state index is -0.846. The zero-order valence-electron chi connectivity index (χ0n) is 10.1. The molecule has 2 unspecified atom stereocenters. The number of furan rings is 1. The predicted octanol–water partition coefficient (Wildman–Crippen LogP) is 2.42. The molecule has 1 saturated carbocycles. The van der Waals surface area contributed by atoms with Crippen LogP contribution >= 0.6 is 15.9 Å². The van der Waals surface area contributed by atoms with Crippen LogP contribution in [-0.4, -0.2) is 23.0 Å². The van der Waals surface area contributed by atoms with E-state index in [-0.39, 0.29) is 11.9 Å². The number of hydrogen-bond acceptors (Lipinski definition) is 3. The summed E-state index contributed by atoms with van der Waals surface area (Å²) in [7, 11) is 0. The number of rotatable bonds is 4. The van der Waals surface area contributed by atoms with E-state index in [0.717, 1.165) is 6.42 Å². The molecule has 2 rings (SSSR count). The number of carboxylic acid groups (broad SMARTS) is 1. The molecule has 1 aliphatic rings. The number of amides is 1. The van der Waals surface area contributed by atoms with Crippen molar-refractivity contribution in [3.63, 3.8) is 0 Å². The molecule has 2 atom stereocenters. The minimum Gasteiger partial charge on any atom is -0.481 e. The summed E-state index contributed by atoms with van der Waals surface area (Å²) in [5, 5.41) is 11.7. The Hall–Kier alpha value is -1.56. The first-order valence-corrected chi connectivity index (χ1v) is 6.82. The molecule has 1 amide bonds. The lowest BCUT2D eigenvalue weighted by atomic mass is 10.0. The maximum Gasteiger partial charge on any atom is 0.308 e. The van der Waals surface area contributed by atoms with Gasteiger partial charge in [-0.05, 0) is 47.0 Å². The van der Waals surface area contributed by atoms with E-state index in [4.69, 9.17) is 9.52 Å². The molecule has 102 valence electrons. The number of carbonyl (C=O) groups excluding carboxylic acids is 1. The molecule has 19 heavy (non-hydrogen) atoms. The summed E-state index contributed by atoms with van der Waals surface area (Å²) in [5.74, 6) is -1.06. The van der Waals surface area contributed by atoms with Crippen molar-refractivity contribution < 1.29 is 19.1 Å². The van der Waals surface area contributed by atoms with Crippen LogP contribution in [0.4, 0.5) is 0 Å². The third kappa shape index (κ3) is 3.70. The molecule has 1 fully saturated rings. The largest absolute Gasteiger partial charge is 0.481 e. The van der Waals surface area contributed by atoms with Crippen LogP contribution < -0.4 is 5.32 Å². The number of nitrogens with one attached hydrogen (secondary N) is 1. The molecule has 2 N–H and O–H groups in total. The average molecular weight is 328 g/mol. The van der Waals surface area contributed by atoms with Gasteiger partial charge in [0.1, 0.15) is 5.76 Å². The fourth-order valence-electron chi connectivity index (χ4n) is 2.23. The van der Waals surface area contributed by atoms with Crippen molar-refractivity contribution in [2.75, 3.05) is 0 Å². The van der Waals surface area contributed by atoms with Crippen LogP contribution in [0.15, 0.2) is 27.3 Å². The van der Waals surface area contributed by atoms with Gasteiger partial charge in [-0.3, -0.25) is 9.59 Å². The van der Waals surface area contributed by atoms with Crippen molar-refractivity contribution in [2.45, 2.75) is 25.3 Å². The highest BCUT2D eigenvalue weighted by atomic mass is 79.9. The second kappa shape index (κ2) is 6.06. The summed E-state index contributed by atoms with van der Waals surface area (Å²) in [6, 6.07) is 3.18. The molecule has 0 aromatic carbocycles. The molecule has 1 aromatic heterocycles. The Morgan fingerprint density at radius 3 is 2.84 bits per heavy atom. The second-order valence-corrected chi connectivity index (χ2v) is 5.25. The third-order valence-electron chi connectivity index (χ3n) is 3.15. The van der Waals surface area contributed by atoms with Gasteiger partial charge in [0.05, 0.1) is 5.92 Å². The highest BCUT2D eigenvalue weighted by Crippen LogP contribution is 2.25. The van der Waals surface area contributed by atoms with E-state index >= 15 is 0 Å². The lowest BCUT2D eigenvalue weighted by Crippen LogP contribution is -2.39. The summed E-state index contributed by atoms with van der Waals surface area (Å²) >= 11 is 3.17.